The Morgan fingerprint density at radius 2 is 1.07 bits per heavy atom. The van der Waals surface area contributed by atoms with E-state index in [2.05, 4.69) is 45.0 Å². The van der Waals surface area contributed by atoms with Crippen molar-refractivity contribution in [1.82, 2.24) is 0 Å². The Hall–Kier alpha value is 0.130. The Labute approximate surface area is 192 Å². The van der Waals surface area contributed by atoms with Crippen LogP contribution < -0.4 is 29.6 Å². The first kappa shape index (κ1) is 29.3. The van der Waals surface area contributed by atoms with Gasteiger partial charge in [-0.1, -0.05) is 102 Å². The Morgan fingerprint density at radius 1 is 0.741 bits per heavy atom. The molecule has 0 radical (unpaired) electrons. The van der Waals surface area contributed by atoms with Gasteiger partial charge in [0.1, 0.15) is 0 Å². The van der Waals surface area contributed by atoms with Gasteiger partial charge in [0.2, 0.25) is 0 Å². The van der Waals surface area contributed by atoms with Crippen molar-refractivity contribution in [3.8, 4) is 0 Å². The minimum Gasteiger partial charge on any atom is -1.00 e. The van der Waals surface area contributed by atoms with Gasteiger partial charge in [0, 0.05) is 0 Å². The second-order valence-electron chi connectivity index (χ2n) is 7.26. The molecule has 1 N–H and O–H groups in total. The van der Waals surface area contributed by atoms with Crippen LogP contribution in [-0.4, -0.2) is 18.7 Å². The average Bonchev–Trinajstić information content (AvgIpc) is 2.58. The first-order chi connectivity index (χ1) is 12.4. The molecule has 0 aliphatic carbocycles. The van der Waals surface area contributed by atoms with Crippen molar-refractivity contribution in [3.63, 3.8) is 0 Å². The molecular weight excluding hydrogens is 367 g/mol. The normalized spacial score (nSPS) is 10.7. The van der Waals surface area contributed by atoms with Crippen LogP contribution in [-0.2, 0) is 10.1 Å². The van der Waals surface area contributed by atoms with Crippen LogP contribution in [0.15, 0.2) is 24.3 Å². The molecule has 0 aliphatic rings. The molecule has 0 bridgehead atoms. The minimum absolute atomic E-state index is 0. The second kappa shape index (κ2) is 19.4. The summed E-state index contributed by atoms with van der Waals surface area (Å²) in [5.41, 5.74) is 2.74. The van der Waals surface area contributed by atoms with Crippen molar-refractivity contribution in [2.75, 3.05) is 5.75 Å². The van der Waals surface area contributed by atoms with Gasteiger partial charge in [-0.15, -0.1) is 0 Å². The molecule has 1 aromatic rings. The van der Waals surface area contributed by atoms with Crippen LogP contribution in [0.5, 0.6) is 0 Å². The third-order valence-corrected chi connectivity index (χ3v) is 5.49. The van der Waals surface area contributed by atoms with E-state index in [1.807, 2.05) is 0 Å². The van der Waals surface area contributed by atoms with Gasteiger partial charge in [-0.05, 0) is 31.4 Å². The van der Waals surface area contributed by atoms with Gasteiger partial charge in [-0.2, -0.15) is 8.42 Å². The minimum atomic E-state index is -3.74. The molecule has 0 saturated heterocycles. The maximum Gasteiger partial charge on any atom is 1.00 e. The third kappa shape index (κ3) is 22.3. The van der Waals surface area contributed by atoms with Crippen LogP contribution in [0.1, 0.15) is 96.5 Å². The summed E-state index contributed by atoms with van der Waals surface area (Å²) in [5.74, 6) is -0.0789. The predicted octanol–water partition coefficient (Wildman–Crippen LogP) is 4.00. The Morgan fingerprint density at radius 3 is 1.37 bits per heavy atom. The van der Waals surface area contributed by atoms with Crippen LogP contribution in [0, 0.1) is 13.8 Å². The molecule has 1 aromatic carbocycles. The zero-order chi connectivity index (χ0) is 19.7. The van der Waals surface area contributed by atoms with Crippen molar-refractivity contribution in [3.05, 3.63) is 35.4 Å². The zero-order valence-corrected chi connectivity index (χ0v) is 21.0. The van der Waals surface area contributed by atoms with Gasteiger partial charge in [-0.3, -0.25) is 4.55 Å². The Balaban J connectivity index is -0.000000525. The Bertz CT molecular complexity index is 529. The monoisotopic (exact) mass is 408 g/mol. The number of unbranched alkanes of at least 4 members (excludes halogenated alkanes) is 11. The molecule has 0 atom stereocenters. The average molecular weight is 409 g/mol. The van der Waals surface area contributed by atoms with Crippen LogP contribution in [0.3, 0.4) is 0 Å². The standard InChI is InChI=1S/C14H30O3S.C8H10.Na.H/c1-2-3-4-5-6-7-8-9-10-11-12-13-14-18(15,16)17;1-7-5-3-4-6-8(7)2;;/h2-14H2,1H3,(H,15,16,17);3-6H,1-2H3;;/q;;+1;-1. The van der Waals surface area contributed by atoms with E-state index in [9.17, 15) is 8.42 Å². The number of aryl methyl sites for hydroxylation is 2. The predicted molar refractivity (Wildman–Crippen MR) is 115 cm³/mol. The molecule has 27 heavy (non-hydrogen) atoms. The quantitative estimate of drug-likeness (QED) is 0.305. The van der Waals surface area contributed by atoms with E-state index >= 15 is 0 Å². The van der Waals surface area contributed by atoms with Crippen molar-refractivity contribution < 1.29 is 44.0 Å². The van der Waals surface area contributed by atoms with Gasteiger partial charge < -0.3 is 1.43 Å². The molecule has 154 valence electrons. The van der Waals surface area contributed by atoms with Crippen LogP contribution in [0.25, 0.3) is 0 Å². The zero-order valence-electron chi connectivity index (χ0n) is 19.2. The molecule has 0 aliphatic heterocycles. The van der Waals surface area contributed by atoms with Gasteiger partial charge >= 0.3 is 29.6 Å². The summed E-state index contributed by atoms with van der Waals surface area (Å²) < 4.78 is 29.5. The SMILES string of the molecule is CCCCCCCCCCCCCCS(=O)(=O)O.Cc1ccccc1C.[H-].[Na+]. The maximum atomic E-state index is 10.5. The first-order valence-electron chi connectivity index (χ1n) is 10.3. The van der Waals surface area contributed by atoms with Crippen molar-refractivity contribution >= 4 is 10.1 Å². The molecule has 0 spiro atoms. The molecule has 0 unspecified atom stereocenters. The van der Waals surface area contributed by atoms with E-state index in [-0.39, 0.29) is 36.7 Å². The molecule has 0 heterocycles. The van der Waals surface area contributed by atoms with E-state index in [0.29, 0.717) is 6.42 Å². The molecule has 0 fully saturated rings. The van der Waals surface area contributed by atoms with Gasteiger partial charge in [-0.25, -0.2) is 0 Å². The van der Waals surface area contributed by atoms with Crippen molar-refractivity contribution in [2.45, 2.75) is 97.8 Å². The molecular formula is C22H41NaO3S. The third-order valence-electron chi connectivity index (χ3n) is 4.68. The summed E-state index contributed by atoms with van der Waals surface area (Å²) >= 11 is 0. The molecule has 0 saturated carbocycles. The molecule has 0 amide bonds. The Kier molecular flexibility index (Phi) is 21.1. The fraction of sp³-hybridized carbons (Fsp3) is 0.727. The van der Waals surface area contributed by atoms with Crippen LogP contribution in [0.4, 0.5) is 0 Å². The summed E-state index contributed by atoms with van der Waals surface area (Å²) in [6.45, 7) is 6.48. The van der Waals surface area contributed by atoms with Crippen LogP contribution in [0.2, 0.25) is 0 Å². The topological polar surface area (TPSA) is 54.4 Å². The fourth-order valence-corrected chi connectivity index (χ4v) is 3.36. The fourth-order valence-electron chi connectivity index (χ4n) is 2.79. The molecule has 0 aromatic heterocycles. The van der Waals surface area contributed by atoms with Crippen molar-refractivity contribution in [1.29, 1.82) is 0 Å². The summed E-state index contributed by atoms with van der Waals surface area (Å²) in [4.78, 5) is 0. The van der Waals surface area contributed by atoms with E-state index < -0.39 is 10.1 Å². The molecule has 3 nitrogen and oxygen atoms in total. The van der Waals surface area contributed by atoms with E-state index in [1.165, 1.54) is 68.9 Å². The number of hydrogen-bond donors (Lipinski definition) is 1. The van der Waals surface area contributed by atoms with E-state index in [4.69, 9.17) is 4.55 Å². The summed E-state index contributed by atoms with van der Waals surface area (Å²) in [7, 11) is -3.74. The van der Waals surface area contributed by atoms with Gasteiger partial charge in [0.15, 0.2) is 0 Å². The van der Waals surface area contributed by atoms with Crippen molar-refractivity contribution in [2.24, 2.45) is 0 Å². The van der Waals surface area contributed by atoms with Crippen LogP contribution >= 0.6 is 0 Å². The summed E-state index contributed by atoms with van der Waals surface area (Å²) in [5, 5.41) is 0. The maximum absolute atomic E-state index is 10.5. The smallest absolute Gasteiger partial charge is 1.00 e. The molecule has 1 rings (SSSR count). The summed E-state index contributed by atoms with van der Waals surface area (Å²) in [6.07, 6.45) is 14.5. The number of hydrogen-bond acceptors (Lipinski definition) is 2. The first-order valence-corrected chi connectivity index (χ1v) is 11.9. The summed E-state index contributed by atoms with van der Waals surface area (Å²) in [6, 6.07) is 8.36. The molecule has 5 heteroatoms. The second-order valence-corrected chi connectivity index (χ2v) is 8.83. The largest absolute Gasteiger partial charge is 1.00 e. The number of benzene rings is 1. The van der Waals surface area contributed by atoms with Gasteiger partial charge in [0.25, 0.3) is 10.1 Å². The van der Waals surface area contributed by atoms with E-state index in [1.54, 1.807) is 0 Å². The number of rotatable bonds is 13. The van der Waals surface area contributed by atoms with Gasteiger partial charge in [0.05, 0.1) is 5.75 Å². The van der Waals surface area contributed by atoms with E-state index in [0.717, 1.165) is 12.8 Å².